The van der Waals surface area contributed by atoms with E-state index in [9.17, 15) is 14.0 Å². The molecule has 3 rings (SSSR count). The predicted octanol–water partition coefficient (Wildman–Crippen LogP) is 4.28. The number of carbonyl (C=O) groups excluding carboxylic acids is 2. The molecule has 2 N–H and O–H groups in total. The zero-order valence-corrected chi connectivity index (χ0v) is 13.9. The summed E-state index contributed by atoms with van der Waals surface area (Å²) in [5.41, 5.74) is 0.902. The standard InChI is InChI=1S/C17H13Cl2FN2O2/c18-14-7-9(20)1-5-12(14)17(24)22-11-4-6-13(15(19)8-11)16(23)21-10-2-3-10/h1,4-8,10H,2-3H2,(H,21,23)(H,22,24). The number of rotatable bonds is 4. The number of nitrogens with one attached hydrogen (secondary N) is 2. The molecular formula is C17H13Cl2FN2O2. The van der Waals surface area contributed by atoms with Crippen molar-refractivity contribution in [2.75, 3.05) is 5.32 Å². The Morgan fingerprint density at radius 3 is 2.21 bits per heavy atom. The zero-order valence-electron chi connectivity index (χ0n) is 12.4. The molecule has 124 valence electrons. The summed E-state index contributed by atoms with van der Waals surface area (Å²) >= 11 is 12.0. The minimum Gasteiger partial charge on any atom is -0.349 e. The average Bonchev–Trinajstić information content (AvgIpc) is 3.30. The molecule has 2 aromatic carbocycles. The van der Waals surface area contributed by atoms with Crippen molar-refractivity contribution in [3.05, 3.63) is 63.4 Å². The van der Waals surface area contributed by atoms with Crippen molar-refractivity contribution >= 4 is 40.7 Å². The highest BCUT2D eigenvalue weighted by Crippen LogP contribution is 2.25. The molecular weight excluding hydrogens is 354 g/mol. The lowest BCUT2D eigenvalue weighted by molar-refractivity contribution is 0.0950. The van der Waals surface area contributed by atoms with Crippen molar-refractivity contribution in [1.29, 1.82) is 0 Å². The summed E-state index contributed by atoms with van der Waals surface area (Å²) < 4.78 is 13.0. The van der Waals surface area contributed by atoms with E-state index in [4.69, 9.17) is 23.2 Å². The van der Waals surface area contributed by atoms with Crippen LogP contribution in [0.2, 0.25) is 10.0 Å². The summed E-state index contributed by atoms with van der Waals surface area (Å²) in [7, 11) is 0. The number of amides is 2. The maximum absolute atomic E-state index is 13.0. The lowest BCUT2D eigenvalue weighted by Crippen LogP contribution is -2.25. The molecule has 2 aromatic rings. The van der Waals surface area contributed by atoms with E-state index < -0.39 is 11.7 Å². The average molecular weight is 367 g/mol. The molecule has 1 aliphatic carbocycles. The Kier molecular flexibility index (Phi) is 4.73. The topological polar surface area (TPSA) is 58.2 Å². The molecule has 0 spiro atoms. The van der Waals surface area contributed by atoms with Crippen molar-refractivity contribution in [3.63, 3.8) is 0 Å². The van der Waals surface area contributed by atoms with Gasteiger partial charge in [-0.25, -0.2) is 4.39 Å². The van der Waals surface area contributed by atoms with E-state index in [0.29, 0.717) is 11.3 Å². The summed E-state index contributed by atoms with van der Waals surface area (Å²) in [6, 6.07) is 8.34. The van der Waals surface area contributed by atoms with Gasteiger partial charge in [0, 0.05) is 11.7 Å². The van der Waals surface area contributed by atoms with Crippen molar-refractivity contribution in [2.24, 2.45) is 0 Å². The van der Waals surface area contributed by atoms with Gasteiger partial charge >= 0.3 is 0 Å². The monoisotopic (exact) mass is 366 g/mol. The van der Waals surface area contributed by atoms with Crippen LogP contribution >= 0.6 is 23.2 Å². The number of hydrogen-bond acceptors (Lipinski definition) is 2. The Labute approximate surface area is 148 Å². The van der Waals surface area contributed by atoms with E-state index in [0.717, 1.165) is 25.0 Å². The number of anilines is 1. The normalized spacial score (nSPS) is 13.5. The quantitative estimate of drug-likeness (QED) is 0.848. The molecule has 7 heteroatoms. The van der Waals surface area contributed by atoms with Gasteiger partial charge in [-0.15, -0.1) is 0 Å². The summed E-state index contributed by atoms with van der Waals surface area (Å²) in [6.45, 7) is 0. The first-order valence-electron chi connectivity index (χ1n) is 7.31. The van der Waals surface area contributed by atoms with Gasteiger partial charge in [0.1, 0.15) is 5.82 Å². The Bertz CT molecular complexity index is 822. The highest BCUT2D eigenvalue weighted by Gasteiger charge is 2.24. The summed E-state index contributed by atoms with van der Waals surface area (Å²) in [5.74, 6) is -1.25. The molecule has 1 saturated carbocycles. The van der Waals surface area contributed by atoms with Crippen LogP contribution in [0.4, 0.5) is 10.1 Å². The van der Waals surface area contributed by atoms with Crippen molar-refractivity contribution < 1.29 is 14.0 Å². The molecule has 0 aromatic heterocycles. The fraction of sp³-hybridized carbons (Fsp3) is 0.176. The fourth-order valence-electron chi connectivity index (χ4n) is 2.14. The number of halogens is 3. The van der Waals surface area contributed by atoms with Gasteiger partial charge in [-0.05, 0) is 49.2 Å². The maximum atomic E-state index is 13.0. The van der Waals surface area contributed by atoms with Crippen LogP contribution in [0.1, 0.15) is 33.6 Å². The minimum atomic E-state index is -0.523. The first-order valence-corrected chi connectivity index (χ1v) is 8.06. The highest BCUT2D eigenvalue weighted by atomic mass is 35.5. The molecule has 1 aliphatic rings. The fourth-order valence-corrected chi connectivity index (χ4v) is 2.66. The molecule has 0 radical (unpaired) electrons. The van der Waals surface area contributed by atoms with E-state index >= 15 is 0 Å². The summed E-state index contributed by atoms with van der Waals surface area (Å²) in [5, 5.41) is 5.71. The highest BCUT2D eigenvalue weighted by molar-refractivity contribution is 6.35. The third kappa shape index (κ3) is 3.86. The number of benzene rings is 2. The lowest BCUT2D eigenvalue weighted by atomic mass is 10.1. The Balaban J connectivity index is 1.74. The second kappa shape index (κ2) is 6.79. The summed E-state index contributed by atoms with van der Waals surface area (Å²) in [4.78, 5) is 24.2. The van der Waals surface area contributed by atoms with Crippen LogP contribution in [0, 0.1) is 5.82 Å². The number of hydrogen-bond donors (Lipinski definition) is 2. The van der Waals surface area contributed by atoms with Gasteiger partial charge < -0.3 is 10.6 Å². The Morgan fingerprint density at radius 1 is 0.958 bits per heavy atom. The SMILES string of the molecule is O=C(Nc1ccc(C(=O)NC2CC2)c(Cl)c1)c1ccc(F)cc1Cl. The van der Waals surface area contributed by atoms with Gasteiger partial charge in [-0.2, -0.15) is 0 Å². The van der Waals surface area contributed by atoms with E-state index in [1.54, 1.807) is 12.1 Å². The molecule has 0 saturated heterocycles. The van der Waals surface area contributed by atoms with Gasteiger partial charge in [0.2, 0.25) is 0 Å². The van der Waals surface area contributed by atoms with Crippen molar-refractivity contribution in [1.82, 2.24) is 5.32 Å². The molecule has 0 heterocycles. The maximum Gasteiger partial charge on any atom is 0.257 e. The van der Waals surface area contributed by atoms with Crippen LogP contribution in [0.5, 0.6) is 0 Å². The molecule has 0 aliphatic heterocycles. The van der Waals surface area contributed by atoms with Gasteiger partial charge in [0.05, 0.1) is 21.2 Å². The third-order valence-corrected chi connectivity index (χ3v) is 4.19. The van der Waals surface area contributed by atoms with Crippen LogP contribution in [0.15, 0.2) is 36.4 Å². The van der Waals surface area contributed by atoms with Gasteiger partial charge in [0.25, 0.3) is 11.8 Å². The molecule has 2 amide bonds. The van der Waals surface area contributed by atoms with Crippen LogP contribution < -0.4 is 10.6 Å². The smallest absolute Gasteiger partial charge is 0.257 e. The Hall–Kier alpha value is -2.11. The van der Waals surface area contributed by atoms with Crippen molar-refractivity contribution in [3.8, 4) is 0 Å². The largest absolute Gasteiger partial charge is 0.349 e. The lowest BCUT2D eigenvalue weighted by Gasteiger charge is -2.10. The van der Waals surface area contributed by atoms with Crippen LogP contribution in [-0.4, -0.2) is 17.9 Å². The van der Waals surface area contributed by atoms with Crippen LogP contribution in [0.3, 0.4) is 0 Å². The predicted molar refractivity (Wildman–Crippen MR) is 91.3 cm³/mol. The second-order valence-electron chi connectivity index (χ2n) is 5.52. The van der Waals surface area contributed by atoms with Gasteiger partial charge in [-0.1, -0.05) is 23.2 Å². The molecule has 0 bridgehead atoms. The molecule has 4 nitrogen and oxygen atoms in total. The molecule has 24 heavy (non-hydrogen) atoms. The van der Waals surface area contributed by atoms with E-state index in [-0.39, 0.29) is 27.6 Å². The first-order chi connectivity index (χ1) is 11.4. The molecule has 1 fully saturated rings. The van der Waals surface area contributed by atoms with Gasteiger partial charge in [-0.3, -0.25) is 9.59 Å². The third-order valence-electron chi connectivity index (χ3n) is 3.56. The van der Waals surface area contributed by atoms with Crippen LogP contribution in [-0.2, 0) is 0 Å². The van der Waals surface area contributed by atoms with E-state index in [1.165, 1.54) is 12.1 Å². The minimum absolute atomic E-state index is 0.0130. The van der Waals surface area contributed by atoms with E-state index in [2.05, 4.69) is 10.6 Å². The van der Waals surface area contributed by atoms with E-state index in [1.807, 2.05) is 0 Å². The van der Waals surface area contributed by atoms with Crippen LogP contribution in [0.25, 0.3) is 0 Å². The van der Waals surface area contributed by atoms with Crippen molar-refractivity contribution in [2.45, 2.75) is 18.9 Å². The Morgan fingerprint density at radius 2 is 1.58 bits per heavy atom. The van der Waals surface area contributed by atoms with Gasteiger partial charge in [0.15, 0.2) is 0 Å². The summed E-state index contributed by atoms with van der Waals surface area (Å²) in [6.07, 6.45) is 1.96. The molecule has 0 atom stereocenters. The number of carbonyl (C=O) groups is 2. The first kappa shape index (κ1) is 16.7. The molecule has 0 unspecified atom stereocenters. The zero-order chi connectivity index (χ0) is 17.3. The second-order valence-corrected chi connectivity index (χ2v) is 6.34.